The number of thiophene rings is 1. The van der Waals surface area contributed by atoms with Crippen molar-refractivity contribution >= 4 is 33.0 Å². The van der Waals surface area contributed by atoms with Crippen LogP contribution in [-0.4, -0.2) is 0 Å². The summed E-state index contributed by atoms with van der Waals surface area (Å²) in [5, 5.41) is 0. The molecule has 0 saturated heterocycles. The molecular formula is C11H9BrFNS. The van der Waals surface area contributed by atoms with Crippen molar-refractivity contribution in [3.8, 4) is 10.4 Å². The van der Waals surface area contributed by atoms with Crippen molar-refractivity contribution in [2.45, 2.75) is 6.92 Å². The Morgan fingerprint density at radius 3 is 2.53 bits per heavy atom. The van der Waals surface area contributed by atoms with E-state index < -0.39 is 0 Å². The Balaban J connectivity index is 2.53. The van der Waals surface area contributed by atoms with Gasteiger partial charge in [0.05, 0.1) is 3.79 Å². The van der Waals surface area contributed by atoms with Crippen LogP contribution in [0.5, 0.6) is 0 Å². The fourth-order valence-corrected chi connectivity index (χ4v) is 2.88. The van der Waals surface area contributed by atoms with Gasteiger partial charge in [0.2, 0.25) is 0 Å². The van der Waals surface area contributed by atoms with E-state index in [4.69, 9.17) is 5.73 Å². The average molecular weight is 286 g/mol. The zero-order valence-corrected chi connectivity index (χ0v) is 10.5. The third-order valence-corrected chi connectivity index (χ3v) is 4.25. The molecule has 0 unspecified atom stereocenters. The molecule has 0 bridgehead atoms. The predicted molar refractivity (Wildman–Crippen MR) is 66.6 cm³/mol. The fourth-order valence-electron chi connectivity index (χ4n) is 1.36. The first-order valence-corrected chi connectivity index (χ1v) is 5.99. The second kappa shape index (κ2) is 3.94. The first-order chi connectivity index (χ1) is 7.06. The number of hydrogen-bond acceptors (Lipinski definition) is 2. The molecule has 2 rings (SSSR count). The molecule has 0 aliphatic carbocycles. The number of nitrogen functional groups attached to an aromatic ring is 1. The maximum atomic E-state index is 13.1. The molecule has 78 valence electrons. The van der Waals surface area contributed by atoms with Gasteiger partial charge in [0.25, 0.3) is 0 Å². The SMILES string of the molecule is Cc1cc(-c2cc(N)cc(F)c2)sc1Br. The van der Waals surface area contributed by atoms with Crippen LogP contribution >= 0.6 is 27.3 Å². The lowest BCUT2D eigenvalue weighted by Gasteiger charge is -1.99. The molecule has 0 aliphatic heterocycles. The lowest BCUT2D eigenvalue weighted by Crippen LogP contribution is -1.87. The molecule has 0 fully saturated rings. The largest absolute Gasteiger partial charge is 0.399 e. The summed E-state index contributed by atoms with van der Waals surface area (Å²) >= 11 is 5.02. The van der Waals surface area contributed by atoms with Gasteiger partial charge in [-0.05, 0) is 58.2 Å². The molecule has 1 nitrogen and oxygen atoms in total. The number of rotatable bonds is 1. The summed E-state index contributed by atoms with van der Waals surface area (Å²) in [6, 6.07) is 6.61. The van der Waals surface area contributed by atoms with Gasteiger partial charge in [0, 0.05) is 10.6 Å². The third-order valence-electron chi connectivity index (χ3n) is 2.06. The van der Waals surface area contributed by atoms with E-state index in [2.05, 4.69) is 15.9 Å². The van der Waals surface area contributed by atoms with Crippen LogP contribution in [0, 0.1) is 12.7 Å². The van der Waals surface area contributed by atoms with Crippen molar-refractivity contribution < 1.29 is 4.39 Å². The zero-order valence-electron chi connectivity index (χ0n) is 8.05. The third kappa shape index (κ3) is 2.21. The number of hydrogen-bond donors (Lipinski definition) is 1. The van der Waals surface area contributed by atoms with Gasteiger partial charge < -0.3 is 5.73 Å². The molecule has 15 heavy (non-hydrogen) atoms. The van der Waals surface area contributed by atoms with E-state index in [1.54, 1.807) is 17.4 Å². The predicted octanol–water partition coefficient (Wildman–Crippen LogP) is 4.21. The van der Waals surface area contributed by atoms with E-state index in [0.717, 1.165) is 19.8 Å². The summed E-state index contributed by atoms with van der Waals surface area (Å²) in [6.45, 7) is 2.01. The molecule has 1 aromatic heterocycles. The van der Waals surface area contributed by atoms with Crippen LogP contribution in [-0.2, 0) is 0 Å². The molecule has 0 aliphatic rings. The molecule has 1 heterocycles. The van der Waals surface area contributed by atoms with Crippen LogP contribution in [0.25, 0.3) is 10.4 Å². The Morgan fingerprint density at radius 2 is 2.00 bits per heavy atom. The van der Waals surface area contributed by atoms with Crippen LogP contribution in [0.15, 0.2) is 28.1 Å². The second-order valence-corrected chi connectivity index (χ2v) is 5.71. The van der Waals surface area contributed by atoms with Gasteiger partial charge in [-0.3, -0.25) is 0 Å². The maximum absolute atomic E-state index is 13.1. The average Bonchev–Trinajstić information content (AvgIpc) is 2.45. The molecule has 0 atom stereocenters. The fraction of sp³-hybridized carbons (Fsp3) is 0.0909. The van der Waals surface area contributed by atoms with E-state index in [1.165, 1.54) is 12.1 Å². The highest BCUT2D eigenvalue weighted by Gasteiger charge is 2.07. The topological polar surface area (TPSA) is 26.0 Å². The number of aryl methyl sites for hydroxylation is 1. The molecular weight excluding hydrogens is 277 g/mol. The molecule has 0 radical (unpaired) electrons. The summed E-state index contributed by atoms with van der Waals surface area (Å²) in [5.41, 5.74) is 8.02. The summed E-state index contributed by atoms with van der Waals surface area (Å²) < 4.78 is 14.2. The summed E-state index contributed by atoms with van der Waals surface area (Å²) in [7, 11) is 0. The Morgan fingerprint density at radius 1 is 1.27 bits per heavy atom. The highest BCUT2D eigenvalue weighted by atomic mass is 79.9. The summed E-state index contributed by atoms with van der Waals surface area (Å²) in [5.74, 6) is -0.299. The molecule has 0 saturated carbocycles. The van der Waals surface area contributed by atoms with Gasteiger partial charge >= 0.3 is 0 Å². The Hall–Kier alpha value is -0.870. The molecule has 2 aromatic rings. The normalized spacial score (nSPS) is 10.6. The maximum Gasteiger partial charge on any atom is 0.125 e. The van der Waals surface area contributed by atoms with E-state index in [1.807, 2.05) is 13.0 Å². The molecule has 2 N–H and O–H groups in total. The number of nitrogens with two attached hydrogens (primary N) is 1. The Bertz CT molecular complexity index is 468. The number of benzene rings is 1. The standard InChI is InChI=1S/C11H9BrFNS/c1-6-2-10(15-11(6)12)7-3-8(13)5-9(14)4-7/h2-5H,14H2,1H3. The van der Waals surface area contributed by atoms with Crippen molar-refractivity contribution in [1.82, 2.24) is 0 Å². The Labute approximate surface area is 99.9 Å². The molecule has 1 aromatic carbocycles. The van der Waals surface area contributed by atoms with Crippen molar-refractivity contribution in [1.29, 1.82) is 0 Å². The monoisotopic (exact) mass is 285 g/mol. The first-order valence-electron chi connectivity index (χ1n) is 4.38. The van der Waals surface area contributed by atoms with Gasteiger partial charge in [0.1, 0.15) is 5.82 Å². The molecule has 4 heteroatoms. The quantitative estimate of drug-likeness (QED) is 0.781. The van der Waals surface area contributed by atoms with Crippen LogP contribution in [0.1, 0.15) is 5.56 Å². The lowest BCUT2D eigenvalue weighted by molar-refractivity contribution is 0.629. The molecule has 0 amide bonds. The zero-order chi connectivity index (χ0) is 11.0. The minimum Gasteiger partial charge on any atom is -0.399 e. The van der Waals surface area contributed by atoms with Crippen molar-refractivity contribution in [3.05, 3.63) is 39.4 Å². The van der Waals surface area contributed by atoms with Crippen LogP contribution in [0.3, 0.4) is 0 Å². The highest BCUT2D eigenvalue weighted by Crippen LogP contribution is 2.35. The van der Waals surface area contributed by atoms with Crippen LogP contribution in [0.4, 0.5) is 10.1 Å². The van der Waals surface area contributed by atoms with Crippen molar-refractivity contribution in [3.63, 3.8) is 0 Å². The summed E-state index contributed by atoms with van der Waals surface area (Å²) in [4.78, 5) is 1.02. The van der Waals surface area contributed by atoms with Crippen LogP contribution in [0.2, 0.25) is 0 Å². The van der Waals surface area contributed by atoms with Gasteiger partial charge in [-0.1, -0.05) is 0 Å². The van der Waals surface area contributed by atoms with E-state index >= 15 is 0 Å². The van der Waals surface area contributed by atoms with Crippen molar-refractivity contribution in [2.75, 3.05) is 5.73 Å². The number of anilines is 1. The minimum atomic E-state index is -0.299. The number of halogens is 2. The van der Waals surface area contributed by atoms with Gasteiger partial charge in [-0.25, -0.2) is 4.39 Å². The van der Waals surface area contributed by atoms with Crippen LogP contribution < -0.4 is 5.73 Å². The van der Waals surface area contributed by atoms with Gasteiger partial charge in [-0.2, -0.15) is 0 Å². The van der Waals surface area contributed by atoms with E-state index in [-0.39, 0.29) is 5.82 Å². The molecule has 0 spiro atoms. The van der Waals surface area contributed by atoms with Gasteiger partial charge in [-0.15, -0.1) is 11.3 Å². The minimum absolute atomic E-state index is 0.299. The highest BCUT2D eigenvalue weighted by molar-refractivity contribution is 9.11. The van der Waals surface area contributed by atoms with Gasteiger partial charge in [0.15, 0.2) is 0 Å². The lowest BCUT2D eigenvalue weighted by atomic mass is 10.1. The Kier molecular flexibility index (Phi) is 2.80. The van der Waals surface area contributed by atoms with E-state index in [9.17, 15) is 4.39 Å². The van der Waals surface area contributed by atoms with E-state index in [0.29, 0.717) is 5.69 Å². The second-order valence-electron chi connectivity index (χ2n) is 3.34. The van der Waals surface area contributed by atoms with Crippen molar-refractivity contribution in [2.24, 2.45) is 0 Å². The summed E-state index contributed by atoms with van der Waals surface area (Å²) in [6.07, 6.45) is 0. The smallest absolute Gasteiger partial charge is 0.125 e. The first kappa shape index (κ1) is 10.6.